The maximum absolute atomic E-state index is 14.3. The number of guanidine groups is 1. The van der Waals surface area contributed by atoms with Crippen molar-refractivity contribution in [3.05, 3.63) is 21.6 Å². The Balaban J connectivity index is 2.39. The summed E-state index contributed by atoms with van der Waals surface area (Å²) in [6.07, 6.45) is -0.790. The average molecular weight is 405 g/mol. The van der Waals surface area contributed by atoms with E-state index < -0.39 is 40.0 Å². The van der Waals surface area contributed by atoms with Crippen LogP contribution in [0.2, 0.25) is 0 Å². The molecule has 0 bridgehead atoms. The smallest absolute Gasteiger partial charge is 0.414 e. The molecule has 0 saturated carbocycles. The number of carbonyl (C=O) groups excluding carboxylic acids is 1. The first kappa shape index (κ1) is 20.3. The maximum Gasteiger partial charge on any atom is 0.414 e. The summed E-state index contributed by atoms with van der Waals surface area (Å²) in [4.78, 5) is 27.3. The number of nitrogens with zero attached hydrogens (tertiary/aromatic N) is 2. The summed E-state index contributed by atoms with van der Waals surface area (Å²) in [6.45, 7) is 6.61. The fourth-order valence-electron chi connectivity index (χ4n) is 2.23. The van der Waals surface area contributed by atoms with Crippen LogP contribution in [-0.4, -0.2) is 50.0 Å². The minimum Gasteiger partial charge on any atom is -0.477 e. The minimum absolute atomic E-state index is 0.0415. The van der Waals surface area contributed by atoms with E-state index in [1.165, 1.54) is 18.3 Å². The molecule has 1 amide bonds. The standard InChI is InChI=1S/C15H20FN3O5S2/c1-14(2,3)24-13(22)17-12-18-15(4,7-26(23)19(12)5)10-8(16)6-9(25-10)11(20)21/h6H,7H2,1-5H3,(H,20,21)(H,17,18,22). The fraction of sp³-hybridized carbons (Fsp3) is 0.533. The van der Waals surface area contributed by atoms with Crippen molar-refractivity contribution in [3.63, 3.8) is 0 Å². The Kier molecular flexibility index (Phi) is 5.43. The highest BCUT2D eigenvalue weighted by Crippen LogP contribution is 2.37. The van der Waals surface area contributed by atoms with Crippen molar-refractivity contribution in [1.29, 1.82) is 0 Å². The van der Waals surface area contributed by atoms with Gasteiger partial charge < -0.3 is 9.84 Å². The molecule has 26 heavy (non-hydrogen) atoms. The highest BCUT2D eigenvalue weighted by molar-refractivity contribution is 7.83. The van der Waals surface area contributed by atoms with Gasteiger partial charge >= 0.3 is 12.1 Å². The molecule has 0 aromatic carbocycles. The molecular formula is C15H20FN3O5S2. The van der Waals surface area contributed by atoms with Gasteiger partial charge in [-0.25, -0.2) is 23.2 Å². The number of ether oxygens (including phenoxy) is 1. The molecule has 2 rings (SSSR count). The third-order valence-corrected chi connectivity index (χ3v) is 6.30. The van der Waals surface area contributed by atoms with Crippen LogP contribution >= 0.6 is 11.3 Å². The number of hydrogen-bond acceptors (Lipinski definition) is 6. The van der Waals surface area contributed by atoms with E-state index in [2.05, 4.69) is 10.3 Å². The normalized spacial score (nSPS) is 23.4. The van der Waals surface area contributed by atoms with Crippen molar-refractivity contribution in [2.45, 2.75) is 38.8 Å². The van der Waals surface area contributed by atoms with E-state index in [9.17, 15) is 18.2 Å². The number of aromatic carboxylic acids is 1. The summed E-state index contributed by atoms with van der Waals surface area (Å²) in [5.74, 6) is -2.10. The van der Waals surface area contributed by atoms with Crippen molar-refractivity contribution in [1.82, 2.24) is 9.62 Å². The van der Waals surface area contributed by atoms with E-state index in [4.69, 9.17) is 9.84 Å². The molecule has 0 aliphatic carbocycles. The largest absolute Gasteiger partial charge is 0.477 e. The number of carboxylic acid groups (broad SMARTS) is 1. The first-order valence-corrected chi connectivity index (χ1v) is 9.67. The number of carboxylic acids is 1. The maximum atomic E-state index is 14.3. The Bertz CT molecular complexity index is 802. The number of carbonyl (C=O) groups is 2. The zero-order valence-electron chi connectivity index (χ0n) is 15.0. The van der Waals surface area contributed by atoms with Gasteiger partial charge in [-0.1, -0.05) is 0 Å². The molecule has 1 aliphatic rings. The second-order valence-corrected chi connectivity index (χ2v) is 9.42. The molecule has 0 saturated heterocycles. The van der Waals surface area contributed by atoms with Crippen LogP contribution in [-0.2, 0) is 21.3 Å². The summed E-state index contributed by atoms with van der Waals surface area (Å²) in [6, 6.07) is 0.908. The van der Waals surface area contributed by atoms with E-state index in [1.807, 2.05) is 0 Å². The van der Waals surface area contributed by atoms with E-state index in [0.717, 1.165) is 17.4 Å². The minimum atomic E-state index is -1.61. The molecule has 2 atom stereocenters. The van der Waals surface area contributed by atoms with Crippen LogP contribution in [0.4, 0.5) is 9.18 Å². The molecule has 1 aromatic heterocycles. The van der Waals surface area contributed by atoms with Crippen LogP contribution in [0.1, 0.15) is 42.2 Å². The van der Waals surface area contributed by atoms with Crippen LogP contribution < -0.4 is 5.32 Å². The van der Waals surface area contributed by atoms with Gasteiger partial charge in [-0.15, -0.1) is 11.3 Å². The van der Waals surface area contributed by atoms with Crippen LogP contribution in [0.5, 0.6) is 0 Å². The Hall–Kier alpha value is -2.01. The highest BCUT2D eigenvalue weighted by atomic mass is 32.2. The van der Waals surface area contributed by atoms with Gasteiger partial charge in [-0.3, -0.25) is 9.62 Å². The van der Waals surface area contributed by atoms with Gasteiger partial charge in [0.05, 0.1) is 10.6 Å². The first-order valence-electron chi connectivity index (χ1n) is 7.57. The predicted octanol–water partition coefficient (Wildman–Crippen LogP) is 2.29. The molecule has 0 spiro atoms. The topological polar surface area (TPSA) is 108 Å². The van der Waals surface area contributed by atoms with Crippen molar-refractivity contribution in [2.24, 2.45) is 4.99 Å². The molecule has 1 aliphatic heterocycles. The van der Waals surface area contributed by atoms with Gasteiger partial charge in [0.2, 0.25) is 5.96 Å². The van der Waals surface area contributed by atoms with E-state index in [-0.39, 0.29) is 21.5 Å². The molecule has 11 heteroatoms. The number of nitrogens with one attached hydrogen (secondary N) is 1. The summed E-state index contributed by atoms with van der Waals surface area (Å²) >= 11 is 0.729. The number of hydrogen-bond donors (Lipinski definition) is 2. The summed E-state index contributed by atoms with van der Waals surface area (Å²) in [7, 11) is -0.138. The molecule has 2 N–H and O–H groups in total. The number of halogens is 1. The third kappa shape index (κ3) is 4.39. The zero-order chi connectivity index (χ0) is 19.9. The lowest BCUT2D eigenvalue weighted by Crippen LogP contribution is -2.51. The lowest BCUT2D eigenvalue weighted by Gasteiger charge is -2.34. The van der Waals surface area contributed by atoms with Crippen molar-refractivity contribution >= 4 is 40.3 Å². The monoisotopic (exact) mass is 405 g/mol. The molecule has 8 nitrogen and oxygen atoms in total. The van der Waals surface area contributed by atoms with Gasteiger partial charge in [0, 0.05) is 7.05 Å². The predicted molar refractivity (Wildman–Crippen MR) is 96.2 cm³/mol. The molecular weight excluding hydrogens is 385 g/mol. The molecule has 2 unspecified atom stereocenters. The number of aliphatic imine (C=N–C) groups is 1. The summed E-state index contributed by atoms with van der Waals surface area (Å²) in [5.41, 5.74) is -2.03. The van der Waals surface area contributed by atoms with Gasteiger partial charge in [0.25, 0.3) is 0 Å². The Morgan fingerprint density at radius 3 is 2.62 bits per heavy atom. The summed E-state index contributed by atoms with van der Waals surface area (Å²) < 4.78 is 33.1. The molecule has 144 valence electrons. The fourth-order valence-corrected chi connectivity index (χ4v) is 4.45. The number of alkyl carbamates (subject to hydrolysis) is 1. The first-order chi connectivity index (χ1) is 11.8. The van der Waals surface area contributed by atoms with Crippen LogP contribution in [0.25, 0.3) is 0 Å². The second kappa shape index (κ2) is 6.95. The second-order valence-electron chi connectivity index (χ2n) is 6.89. The molecule has 0 radical (unpaired) electrons. The molecule has 2 heterocycles. The van der Waals surface area contributed by atoms with Crippen molar-refractivity contribution in [3.8, 4) is 0 Å². The highest BCUT2D eigenvalue weighted by Gasteiger charge is 2.40. The van der Waals surface area contributed by atoms with Crippen molar-refractivity contribution < 1.29 is 28.0 Å². The third-order valence-electron chi connectivity index (χ3n) is 3.36. The van der Waals surface area contributed by atoms with Gasteiger partial charge in [0.15, 0.2) is 0 Å². The zero-order valence-corrected chi connectivity index (χ0v) is 16.6. The summed E-state index contributed by atoms with van der Waals surface area (Å²) in [5, 5.41) is 11.5. The Morgan fingerprint density at radius 2 is 2.12 bits per heavy atom. The van der Waals surface area contributed by atoms with Gasteiger partial charge in [-0.2, -0.15) is 0 Å². The average Bonchev–Trinajstić information content (AvgIpc) is 2.85. The molecule has 0 fully saturated rings. The number of thiophene rings is 1. The lowest BCUT2D eigenvalue weighted by atomic mass is 10.0. The van der Waals surface area contributed by atoms with Gasteiger partial charge in [-0.05, 0) is 33.8 Å². The van der Waals surface area contributed by atoms with Gasteiger partial charge in [0.1, 0.15) is 32.8 Å². The molecule has 1 aromatic rings. The van der Waals surface area contributed by atoms with Crippen LogP contribution in [0, 0.1) is 5.82 Å². The SMILES string of the molecule is CN1C(NC(=O)OC(C)(C)C)=NC(C)(c2sc(C(=O)O)cc2F)CS1=O. The van der Waals surface area contributed by atoms with Crippen LogP contribution in [0.15, 0.2) is 11.1 Å². The number of rotatable bonds is 2. The Morgan fingerprint density at radius 1 is 1.50 bits per heavy atom. The van der Waals surface area contributed by atoms with E-state index in [0.29, 0.717) is 0 Å². The lowest BCUT2D eigenvalue weighted by molar-refractivity contribution is 0.0558. The van der Waals surface area contributed by atoms with E-state index >= 15 is 0 Å². The van der Waals surface area contributed by atoms with Crippen LogP contribution in [0.3, 0.4) is 0 Å². The quantitative estimate of drug-likeness (QED) is 0.785. The van der Waals surface area contributed by atoms with Crippen molar-refractivity contribution in [2.75, 3.05) is 12.8 Å². The number of amides is 1. The Labute approximate surface area is 156 Å². The van der Waals surface area contributed by atoms with E-state index in [1.54, 1.807) is 20.8 Å².